The number of hydrogen-bond donors (Lipinski definition) is 1. The normalized spacial score (nSPS) is 33.4. The Bertz CT molecular complexity index is 1630. The molecule has 0 aromatic heterocycles. The first-order valence-corrected chi connectivity index (χ1v) is 20.3. The second kappa shape index (κ2) is 14.3. The predicted molar refractivity (Wildman–Crippen MR) is 192 cm³/mol. The maximum absolute atomic E-state index is 13.6. The van der Waals surface area contributed by atoms with E-state index in [0.29, 0.717) is 50.1 Å². The topological polar surface area (TPSA) is 97.4 Å². The van der Waals surface area contributed by atoms with Crippen LogP contribution in [-0.2, 0) is 31.3 Å². The zero-order chi connectivity index (χ0) is 34.3. The minimum Gasteiger partial charge on any atom is -0.490 e. The molecule has 1 saturated heterocycles. The van der Waals surface area contributed by atoms with Crippen LogP contribution in [0.5, 0.6) is 5.75 Å². The van der Waals surface area contributed by atoms with Crippen LogP contribution in [0.15, 0.2) is 36.4 Å². The first-order chi connectivity index (χ1) is 23.6. The number of nitrogens with zero attached hydrogens (tertiary/aromatic N) is 2. The van der Waals surface area contributed by atoms with Crippen molar-refractivity contribution in [2.24, 2.45) is 17.8 Å². The lowest BCUT2D eigenvalue weighted by atomic mass is 9.64. The number of nitrogens with one attached hydrogen (secondary N) is 1. The number of halogens is 1. The number of carbonyl (C=O) groups is 1. The molecule has 5 aliphatic rings. The third kappa shape index (κ3) is 7.10. The van der Waals surface area contributed by atoms with E-state index in [-0.39, 0.29) is 23.7 Å². The van der Waals surface area contributed by atoms with Gasteiger partial charge in [-0.15, -0.1) is 0 Å². The Balaban J connectivity index is 1.26. The second-order valence-electron chi connectivity index (χ2n) is 15.4. The van der Waals surface area contributed by atoms with E-state index < -0.39 is 21.2 Å². The van der Waals surface area contributed by atoms with Crippen LogP contribution in [-0.4, -0.2) is 83.8 Å². The molecule has 2 bridgehead atoms. The van der Waals surface area contributed by atoms with Gasteiger partial charge in [-0.3, -0.25) is 4.79 Å². The minimum atomic E-state index is -3.87. The highest BCUT2D eigenvalue weighted by Crippen LogP contribution is 2.49. The van der Waals surface area contributed by atoms with E-state index in [1.165, 1.54) is 11.1 Å². The summed E-state index contributed by atoms with van der Waals surface area (Å²) in [6.45, 7) is 5.25. The van der Waals surface area contributed by atoms with Crippen LogP contribution in [0.3, 0.4) is 0 Å². The highest BCUT2D eigenvalue weighted by atomic mass is 35.5. The molecule has 2 aliphatic carbocycles. The van der Waals surface area contributed by atoms with E-state index in [4.69, 9.17) is 25.8 Å². The lowest BCUT2D eigenvalue weighted by Gasteiger charge is -2.49. The Morgan fingerprint density at radius 3 is 2.53 bits per heavy atom. The van der Waals surface area contributed by atoms with Crippen molar-refractivity contribution in [1.82, 2.24) is 9.62 Å². The van der Waals surface area contributed by atoms with Crippen LogP contribution in [0.4, 0.5) is 5.69 Å². The largest absolute Gasteiger partial charge is 0.490 e. The number of rotatable bonds is 3. The summed E-state index contributed by atoms with van der Waals surface area (Å²) in [6.07, 6.45) is 8.53. The van der Waals surface area contributed by atoms with Crippen molar-refractivity contribution >= 4 is 33.2 Å². The van der Waals surface area contributed by atoms with Gasteiger partial charge in [0.25, 0.3) is 5.91 Å². The Kier molecular flexibility index (Phi) is 10.3. The smallest absolute Gasteiger partial charge is 0.264 e. The van der Waals surface area contributed by atoms with Crippen molar-refractivity contribution in [1.29, 1.82) is 0 Å². The third-order valence-corrected chi connectivity index (χ3v) is 14.4. The summed E-state index contributed by atoms with van der Waals surface area (Å²) < 4.78 is 49.0. The van der Waals surface area contributed by atoms with Gasteiger partial charge in [-0.2, -0.15) is 0 Å². The van der Waals surface area contributed by atoms with Crippen LogP contribution in [0.2, 0.25) is 5.02 Å². The number of amides is 1. The van der Waals surface area contributed by atoms with E-state index in [1.54, 1.807) is 6.07 Å². The fourth-order valence-electron chi connectivity index (χ4n) is 9.13. The van der Waals surface area contributed by atoms with Gasteiger partial charge in [0.15, 0.2) is 6.29 Å². The number of likely N-dealkylation sites (N-methyl/N-ethyl adjacent to an activating group) is 1. The zero-order valence-electron chi connectivity index (χ0n) is 29.2. The molecule has 2 aromatic carbocycles. The van der Waals surface area contributed by atoms with Gasteiger partial charge >= 0.3 is 0 Å². The molecule has 11 heteroatoms. The summed E-state index contributed by atoms with van der Waals surface area (Å²) in [5, 5.41) is 0.115. The lowest BCUT2D eigenvalue weighted by Crippen LogP contribution is -2.52. The summed E-state index contributed by atoms with van der Waals surface area (Å²) in [5.74, 6) is 1.22. The predicted octanol–water partition coefficient (Wildman–Crippen LogP) is 6.17. The molecule has 0 radical (unpaired) electrons. The van der Waals surface area contributed by atoms with Gasteiger partial charge in [-0.25, -0.2) is 13.1 Å². The first kappa shape index (κ1) is 35.1. The summed E-state index contributed by atoms with van der Waals surface area (Å²) in [5.41, 5.74) is 3.51. The summed E-state index contributed by atoms with van der Waals surface area (Å²) >= 11 is 6.47. The van der Waals surface area contributed by atoms with Gasteiger partial charge in [-0.05, 0) is 119 Å². The van der Waals surface area contributed by atoms with E-state index >= 15 is 0 Å². The molecule has 1 saturated carbocycles. The maximum atomic E-state index is 13.6. The number of fused-ring (bicyclic) bond motifs is 4. The zero-order valence-corrected chi connectivity index (χ0v) is 30.7. The second-order valence-corrected chi connectivity index (χ2v) is 17.8. The SMILES string of the molecule is CC[C@@H]1CCCC[C@H]([C@H]2OC[C@@H](N(C)C)CO2)[C@@H]2CC[C@H]2CN2C[C@@]3(CCCc4cc(Cl)ccc43)COc3ccc(cc32)C(=O)NS1(=O)=O. The average Bonchev–Trinajstić information content (AvgIpc) is 3.22. The Morgan fingerprint density at radius 2 is 1.80 bits per heavy atom. The molecule has 49 heavy (non-hydrogen) atoms. The van der Waals surface area contributed by atoms with E-state index in [1.807, 2.05) is 25.1 Å². The van der Waals surface area contributed by atoms with Gasteiger partial charge in [-0.1, -0.05) is 37.4 Å². The first-order valence-electron chi connectivity index (χ1n) is 18.3. The monoisotopic (exact) mass is 713 g/mol. The highest BCUT2D eigenvalue weighted by Gasteiger charge is 2.46. The molecule has 2 fully saturated rings. The van der Waals surface area contributed by atoms with Gasteiger partial charge in [0, 0.05) is 35.0 Å². The van der Waals surface area contributed by atoms with E-state index in [0.717, 1.165) is 80.9 Å². The highest BCUT2D eigenvalue weighted by molar-refractivity contribution is 7.90. The molecule has 7 rings (SSSR count). The van der Waals surface area contributed by atoms with Crippen LogP contribution in [0.1, 0.15) is 86.2 Å². The van der Waals surface area contributed by atoms with Crippen molar-refractivity contribution < 1.29 is 27.4 Å². The van der Waals surface area contributed by atoms with Crippen LogP contribution < -0.4 is 14.4 Å². The van der Waals surface area contributed by atoms with Gasteiger partial charge in [0.05, 0.1) is 36.8 Å². The molecule has 1 N–H and O–H groups in total. The summed E-state index contributed by atoms with van der Waals surface area (Å²) in [4.78, 5) is 18.2. The number of benzene rings is 2. The maximum Gasteiger partial charge on any atom is 0.264 e. The summed E-state index contributed by atoms with van der Waals surface area (Å²) in [6, 6.07) is 11.9. The van der Waals surface area contributed by atoms with Crippen molar-refractivity contribution in [3.63, 3.8) is 0 Å². The van der Waals surface area contributed by atoms with Crippen molar-refractivity contribution in [3.05, 3.63) is 58.1 Å². The Hall–Kier alpha value is -2.37. The summed E-state index contributed by atoms with van der Waals surface area (Å²) in [7, 11) is 0.259. The fraction of sp³-hybridized carbons (Fsp3) is 0.658. The molecule has 1 spiro atoms. The molecular weight excluding hydrogens is 662 g/mol. The van der Waals surface area contributed by atoms with Crippen molar-refractivity contribution in [3.8, 4) is 5.75 Å². The van der Waals surface area contributed by atoms with Crippen LogP contribution in [0.25, 0.3) is 0 Å². The van der Waals surface area contributed by atoms with E-state index in [2.05, 4.69) is 40.7 Å². The molecule has 2 aromatic rings. The lowest BCUT2D eigenvalue weighted by molar-refractivity contribution is -0.240. The Morgan fingerprint density at radius 1 is 1.00 bits per heavy atom. The van der Waals surface area contributed by atoms with Crippen LogP contribution >= 0.6 is 11.6 Å². The molecule has 3 aliphatic heterocycles. The fourth-order valence-corrected chi connectivity index (χ4v) is 10.8. The van der Waals surface area contributed by atoms with Crippen LogP contribution in [0, 0.1) is 17.8 Å². The third-order valence-electron chi connectivity index (χ3n) is 12.2. The molecular formula is C38H52ClN3O6S. The van der Waals surface area contributed by atoms with Gasteiger partial charge in [0.1, 0.15) is 5.75 Å². The molecule has 268 valence electrons. The van der Waals surface area contributed by atoms with E-state index in [9.17, 15) is 13.2 Å². The quantitative estimate of drug-likeness (QED) is 0.404. The molecule has 9 nitrogen and oxygen atoms in total. The van der Waals surface area contributed by atoms with Crippen molar-refractivity contribution in [2.75, 3.05) is 51.9 Å². The van der Waals surface area contributed by atoms with Gasteiger partial charge < -0.3 is 24.0 Å². The number of carbonyl (C=O) groups excluding carboxylic acids is 1. The number of sulfonamides is 1. The van der Waals surface area contributed by atoms with Gasteiger partial charge in [0.2, 0.25) is 10.0 Å². The molecule has 3 heterocycles. The molecule has 1 amide bonds. The number of hydrogen-bond acceptors (Lipinski definition) is 8. The Labute approximate surface area is 297 Å². The average molecular weight is 714 g/mol. The number of ether oxygens (including phenoxy) is 3. The standard InChI is InChI=1S/C38H52ClN3O6S/c1-4-30-9-5-6-10-32(37-46-21-29(22-47-37)41(2)3)31-14-11-27(31)20-42-23-38(17-7-8-25-18-28(39)13-15-33(25)38)24-48-35-16-12-26(19-34(35)42)36(43)40-49(30,44)45/h12-13,15-16,18-19,27,29-32,37H,4-11,14,17,20-24H2,1-3H3,(H,40,43)/t27-,29-,30+,31+,32-,37+,38-/m0/s1. The minimum absolute atomic E-state index is 0.228. The molecule has 5 atom stereocenters. The number of anilines is 1. The van der Waals surface area contributed by atoms with Crippen molar-refractivity contribution in [2.45, 2.75) is 94.1 Å². The number of aryl methyl sites for hydroxylation is 1. The molecule has 0 unspecified atom stereocenters.